The molecule has 16 heavy (non-hydrogen) atoms. The Kier molecular flexibility index (Phi) is 2.53. The standard InChI is InChI=1S/C12H18N4/c1-9-4-5-12(14-7-9)16-8-11-10(15-16)3-2-6-13-11/h2-3,6,9,12,14-15H,4-5,7-8H2,1H3. The second-order valence-corrected chi connectivity index (χ2v) is 4.84. The van der Waals surface area contributed by atoms with E-state index in [0.717, 1.165) is 30.4 Å². The molecule has 0 bridgehead atoms. The van der Waals surface area contributed by atoms with Gasteiger partial charge in [-0.1, -0.05) is 6.92 Å². The molecule has 1 fully saturated rings. The normalized spacial score (nSPS) is 29.8. The van der Waals surface area contributed by atoms with E-state index in [1.807, 2.05) is 12.3 Å². The second kappa shape index (κ2) is 4.03. The summed E-state index contributed by atoms with van der Waals surface area (Å²) in [6.07, 6.45) is 4.83. The first-order chi connectivity index (χ1) is 7.83. The van der Waals surface area contributed by atoms with E-state index in [-0.39, 0.29) is 0 Å². The highest BCUT2D eigenvalue weighted by Crippen LogP contribution is 2.26. The number of aromatic nitrogens is 1. The van der Waals surface area contributed by atoms with Gasteiger partial charge in [0.05, 0.1) is 24.1 Å². The Balaban J connectivity index is 1.67. The molecule has 3 heterocycles. The number of hydrogen-bond donors (Lipinski definition) is 2. The van der Waals surface area contributed by atoms with Gasteiger partial charge in [0.15, 0.2) is 0 Å². The highest BCUT2D eigenvalue weighted by atomic mass is 15.6. The predicted octanol–water partition coefficient (Wildman–Crippen LogP) is 1.57. The molecule has 2 aliphatic rings. The molecule has 2 atom stereocenters. The van der Waals surface area contributed by atoms with Gasteiger partial charge < -0.3 is 10.7 Å². The minimum Gasteiger partial charge on any atom is -0.315 e. The maximum Gasteiger partial charge on any atom is 0.0807 e. The Morgan fingerprint density at radius 1 is 1.44 bits per heavy atom. The van der Waals surface area contributed by atoms with E-state index in [2.05, 4.69) is 33.7 Å². The van der Waals surface area contributed by atoms with Crippen molar-refractivity contribution in [1.82, 2.24) is 15.3 Å². The lowest BCUT2D eigenvalue weighted by atomic mass is 10.00. The molecule has 1 aromatic rings. The van der Waals surface area contributed by atoms with Gasteiger partial charge >= 0.3 is 0 Å². The number of nitrogens with zero attached hydrogens (tertiary/aromatic N) is 2. The number of hydrogen-bond acceptors (Lipinski definition) is 4. The first kappa shape index (κ1) is 10.1. The molecule has 0 spiro atoms. The van der Waals surface area contributed by atoms with Gasteiger partial charge in [-0.3, -0.25) is 4.98 Å². The lowest BCUT2D eigenvalue weighted by Crippen LogP contribution is -2.50. The summed E-state index contributed by atoms with van der Waals surface area (Å²) in [7, 11) is 0. The molecule has 0 aliphatic carbocycles. The molecule has 3 rings (SSSR count). The third-order valence-electron chi connectivity index (χ3n) is 3.49. The molecule has 0 amide bonds. The highest BCUT2D eigenvalue weighted by Gasteiger charge is 2.28. The van der Waals surface area contributed by atoms with Crippen LogP contribution in [0.15, 0.2) is 18.3 Å². The maximum absolute atomic E-state index is 4.39. The highest BCUT2D eigenvalue weighted by molar-refractivity contribution is 5.49. The van der Waals surface area contributed by atoms with E-state index in [1.54, 1.807) is 0 Å². The number of hydrazine groups is 1. The summed E-state index contributed by atoms with van der Waals surface area (Å²) >= 11 is 0. The molecule has 0 saturated carbocycles. The number of anilines is 1. The van der Waals surface area contributed by atoms with Crippen molar-refractivity contribution in [1.29, 1.82) is 0 Å². The molecule has 4 heteroatoms. The van der Waals surface area contributed by atoms with Crippen molar-refractivity contribution in [2.75, 3.05) is 12.0 Å². The number of piperidine rings is 1. The van der Waals surface area contributed by atoms with Gasteiger partial charge in [-0.05, 0) is 37.4 Å². The van der Waals surface area contributed by atoms with Crippen LogP contribution in [0.4, 0.5) is 5.69 Å². The largest absolute Gasteiger partial charge is 0.315 e. The van der Waals surface area contributed by atoms with Gasteiger partial charge in [0.1, 0.15) is 0 Å². The molecule has 1 aromatic heterocycles. The number of pyridine rings is 1. The quantitative estimate of drug-likeness (QED) is 0.750. The Morgan fingerprint density at radius 2 is 2.38 bits per heavy atom. The van der Waals surface area contributed by atoms with Crippen molar-refractivity contribution in [3.8, 4) is 0 Å². The summed E-state index contributed by atoms with van der Waals surface area (Å²) in [6, 6.07) is 4.07. The number of fused-ring (bicyclic) bond motifs is 1. The Hall–Kier alpha value is -1.13. The van der Waals surface area contributed by atoms with Crippen LogP contribution in [-0.2, 0) is 6.54 Å². The van der Waals surface area contributed by atoms with Gasteiger partial charge in [-0.25, -0.2) is 5.01 Å². The maximum atomic E-state index is 4.39. The van der Waals surface area contributed by atoms with E-state index in [9.17, 15) is 0 Å². The number of rotatable bonds is 1. The van der Waals surface area contributed by atoms with E-state index < -0.39 is 0 Å². The molecular weight excluding hydrogens is 200 g/mol. The summed E-state index contributed by atoms with van der Waals surface area (Å²) in [5, 5.41) is 5.85. The van der Waals surface area contributed by atoms with Crippen molar-refractivity contribution < 1.29 is 0 Å². The summed E-state index contributed by atoms with van der Waals surface area (Å²) in [5.41, 5.74) is 5.74. The van der Waals surface area contributed by atoms with Crippen molar-refractivity contribution in [2.45, 2.75) is 32.5 Å². The average molecular weight is 218 g/mol. The van der Waals surface area contributed by atoms with Crippen LogP contribution in [0.1, 0.15) is 25.5 Å². The molecule has 4 nitrogen and oxygen atoms in total. The fraction of sp³-hybridized carbons (Fsp3) is 0.583. The molecule has 86 valence electrons. The van der Waals surface area contributed by atoms with Crippen LogP contribution < -0.4 is 10.7 Å². The number of nitrogens with one attached hydrogen (secondary N) is 2. The minimum absolute atomic E-state index is 0.449. The summed E-state index contributed by atoms with van der Waals surface area (Å²) in [4.78, 5) is 4.39. The van der Waals surface area contributed by atoms with Crippen LogP contribution in [-0.4, -0.2) is 22.7 Å². The van der Waals surface area contributed by atoms with Crippen LogP contribution in [0.25, 0.3) is 0 Å². The first-order valence-corrected chi connectivity index (χ1v) is 6.03. The molecule has 2 aliphatic heterocycles. The Bertz CT molecular complexity index is 346. The monoisotopic (exact) mass is 218 g/mol. The first-order valence-electron chi connectivity index (χ1n) is 6.03. The fourth-order valence-corrected chi connectivity index (χ4v) is 2.46. The topological polar surface area (TPSA) is 40.2 Å². The Labute approximate surface area is 96.0 Å². The van der Waals surface area contributed by atoms with Gasteiger partial charge in [-0.2, -0.15) is 0 Å². The van der Waals surface area contributed by atoms with Crippen LogP contribution >= 0.6 is 0 Å². The predicted molar refractivity (Wildman–Crippen MR) is 63.6 cm³/mol. The van der Waals surface area contributed by atoms with Crippen LogP contribution in [0, 0.1) is 5.92 Å². The zero-order chi connectivity index (χ0) is 11.0. The van der Waals surface area contributed by atoms with Crippen LogP contribution in [0.5, 0.6) is 0 Å². The van der Waals surface area contributed by atoms with Gasteiger partial charge in [-0.15, -0.1) is 0 Å². The molecule has 0 radical (unpaired) electrons. The van der Waals surface area contributed by atoms with Crippen molar-refractivity contribution >= 4 is 5.69 Å². The average Bonchev–Trinajstić information content (AvgIpc) is 2.73. The second-order valence-electron chi connectivity index (χ2n) is 4.84. The smallest absolute Gasteiger partial charge is 0.0807 e. The Morgan fingerprint density at radius 3 is 3.12 bits per heavy atom. The third kappa shape index (κ3) is 1.79. The lowest BCUT2D eigenvalue weighted by Gasteiger charge is -2.34. The van der Waals surface area contributed by atoms with Gasteiger partial charge in [0.2, 0.25) is 0 Å². The summed E-state index contributed by atoms with van der Waals surface area (Å²) in [5.74, 6) is 0.805. The third-order valence-corrected chi connectivity index (χ3v) is 3.49. The zero-order valence-electron chi connectivity index (χ0n) is 9.61. The zero-order valence-corrected chi connectivity index (χ0v) is 9.61. The molecule has 2 N–H and O–H groups in total. The van der Waals surface area contributed by atoms with E-state index in [1.165, 1.54) is 12.8 Å². The van der Waals surface area contributed by atoms with E-state index >= 15 is 0 Å². The molecule has 1 saturated heterocycles. The van der Waals surface area contributed by atoms with E-state index in [0.29, 0.717) is 6.17 Å². The fourth-order valence-electron chi connectivity index (χ4n) is 2.46. The van der Waals surface area contributed by atoms with Gasteiger partial charge in [0, 0.05) is 6.20 Å². The van der Waals surface area contributed by atoms with Gasteiger partial charge in [0.25, 0.3) is 0 Å². The molecular formula is C12H18N4. The van der Waals surface area contributed by atoms with Crippen LogP contribution in [0.2, 0.25) is 0 Å². The lowest BCUT2D eigenvalue weighted by molar-refractivity contribution is 0.151. The van der Waals surface area contributed by atoms with Crippen molar-refractivity contribution in [3.63, 3.8) is 0 Å². The minimum atomic E-state index is 0.449. The summed E-state index contributed by atoms with van der Waals surface area (Å²) in [6.45, 7) is 4.33. The summed E-state index contributed by atoms with van der Waals surface area (Å²) < 4.78 is 0. The van der Waals surface area contributed by atoms with Crippen molar-refractivity contribution in [2.24, 2.45) is 5.92 Å². The van der Waals surface area contributed by atoms with Crippen molar-refractivity contribution in [3.05, 3.63) is 24.0 Å². The van der Waals surface area contributed by atoms with E-state index in [4.69, 9.17) is 0 Å². The molecule has 2 unspecified atom stereocenters. The van der Waals surface area contributed by atoms with Crippen LogP contribution in [0.3, 0.4) is 0 Å². The SMILES string of the molecule is CC1CCC(N2Cc3ncccc3N2)NC1. The molecule has 0 aromatic carbocycles.